The molecule has 0 aromatic carbocycles. The Morgan fingerprint density at radius 3 is 2.92 bits per heavy atom. The summed E-state index contributed by atoms with van der Waals surface area (Å²) in [4.78, 5) is 8.66. The molecule has 0 aliphatic heterocycles. The van der Waals surface area contributed by atoms with Gasteiger partial charge in [-0.05, 0) is 26.7 Å². The molecule has 2 nitrogen and oxygen atoms in total. The highest BCUT2D eigenvalue weighted by Gasteiger charge is 2.03. The number of nitrogens with zero attached hydrogens (tertiary/aromatic N) is 2. The van der Waals surface area contributed by atoms with Crippen LogP contribution in [0.2, 0.25) is 0 Å². The van der Waals surface area contributed by atoms with Crippen molar-refractivity contribution in [2.75, 3.05) is 0 Å². The lowest BCUT2D eigenvalue weighted by Crippen LogP contribution is -1.79. The predicted molar refractivity (Wildman–Crippen MR) is 54.7 cm³/mol. The third kappa shape index (κ3) is 2.14. The van der Waals surface area contributed by atoms with Gasteiger partial charge in [0.05, 0.1) is 10.7 Å². The van der Waals surface area contributed by atoms with E-state index in [9.17, 15) is 0 Å². The first kappa shape index (κ1) is 9.39. The molecule has 0 aliphatic rings. The van der Waals surface area contributed by atoms with Crippen molar-refractivity contribution in [2.45, 2.75) is 33.6 Å². The van der Waals surface area contributed by atoms with E-state index in [0.29, 0.717) is 0 Å². The summed E-state index contributed by atoms with van der Waals surface area (Å²) >= 11 is 1.70. The molecule has 0 atom stereocenters. The van der Waals surface area contributed by atoms with Crippen LogP contribution in [0.3, 0.4) is 0 Å². The second kappa shape index (κ2) is 4.36. The van der Waals surface area contributed by atoms with E-state index in [1.165, 1.54) is 5.01 Å². The molecule has 0 radical (unpaired) electrons. The highest BCUT2D eigenvalue weighted by molar-refractivity contribution is 7.15. The van der Waals surface area contributed by atoms with Crippen molar-refractivity contribution in [2.24, 2.45) is 4.99 Å². The maximum absolute atomic E-state index is 4.42. The molecule has 0 spiro atoms. The van der Waals surface area contributed by atoms with Crippen LogP contribution in [0.15, 0.2) is 4.99 Å². The molecule has 0 amide bonds. The van der Waals surface area contributed by atoms with Crippen molar-refractivity contribution in [3.63, 3.8) is 0 Å². The Labute approximate surface area is 77.4 Å². The Morgan fingerprint density at radius 1 is 1.58 bits per heavy atom. The van der Waals surface area contributed by atoms with Crippen LogP contribution in [0.25, 0.3) is 0 Å². The maximum Gasteiger partial charge on any atom is 0.138 e. The summed E-state index contributed by atoms with van der Waals surface area (Å²) < 4.78 is 0. The van der Waals surface area contributed by atoms with Gasteiger partial charge < -0.3 is 0 Å². The molecular formula is C9H14N2S. The van der Waals surface area contributed by atoms with Crippen LogP contribution in [-0.2, 0) is 6.42 Å². The topological polar surface area (TPSA) is 25.2 Å². The molecule has 1 rings (SSSR count). The summed E-state index contributed by atoms with van der Waals surface area (Å²) in [6.45, 7) is 6.11. The van der Waals surface area contributed by atoms with Crippen molar-refractivity contribution in [3.05, 3.63) is 10.7 Å². The lowest BCUT2D eigenvalue weighted by molar-refractivity contribution is 0.903. The summed E-state index contributed by atoms with van der Waals surface area (Å²) in [7, 11) is 0. The predicted octanol–water partition coefficient (Wildman–Crippen LogP) is 3.13. The molecule has 0 N–H and O–H groups in total. The van der Waals surface area contributed by atoms with Gasteiger partial charge in [0.1, 0.15) is 5.00 Å². The first-order chi connectivity index (χ1) is 5.77. The molecule has 1 aromatic heterocycles. The number of aryl methyl sites for hydroxylation is 2. The highest BCUT2D eigenvalue weighted by Crippen LogP contribution is 2.27. The van der Waals surface area contributed by atoms with Crippen molar-refractivity contribution < 1.29 is 0 Å². The van der Waals surface area contributed by atoms with E-state index in [1.807, 2.05) is 20.1 Å². The molecule has 1 aromatic rings. The molecule has 0 fully saturated rings. The van der Waals surface area contributed by atoms with Gasteiger partial charge in [-0.2, -0.15) is 0 Å². The van der Waals surface area contributed by atoms with E-state index in [4.69, 9.17) is 0 Å². The molecule has 0 unspecified atom stereocenters. The lowest BCUT2D eigenvalue weighted by Gasteiger charge is -1.85. The van der Waals surface area contributed by atoms with Gasteiger partial charge in [-0.1, -0.05) is 18.3 Å². The fourth-order valence-electron chi connectivity index (χ4n) is 1.00. The SMILES string of the molecule is C/C=N\c1sc(CCC)nc1C. The van der Waals surface area contributed by atoms with Gasteiger partial charge in [-0.25, -0.2) is 9.98 Å². The fourth-order valence-corrected chi connectivity index (χ4v) is 2.06. The second-order valence-corrected chi connectivity index (χ2v) is 3.70. The van der Waals surface area contributed by atoms with E-state index in [1.54, 1.807) is 11.3 Å². The summed E-state index contributed by atoms with van der Waals surface area (Å²) in [6, 6.07) is 0. The minimum atomic E-state index is 1.06. The van der Waals surface area contributed by atoms with E-state index in [-0.39, 0.29) is 0 Å². The number of thiazole rings is 1. The van der Waals surface area contributed by atoms with Crippen LogP contribution in [0.4, 0.5) is 5.00 Å². The van der Waals surface area contributed by atoms with Crippen LogP contribution in [0.1, 0.15) is 31.0 Å². The van der Waals surface area contributed by atoms with Gasteiger partial charge in [0, 0.05) is 6.21 Å². The smallest absolute Gasteiger partial charge is 0.138 e. The standard InChI is InChI=1S/C9H14N2S/c1-4-6-8-11-7(3)9(12-8)10-5-2/h5H,4,6H2,1-3H3/b10-5-. The quantitative estimate of drug-likeness (QED) is 0.659. The molecule has 3 heteroatoms. The molecule has 1 heterocycles. The third-order valence-electron chi connectivity index (χ3n) is 1.53. The van der Waals surface area contributed by atoms with Gasteiger partial charge in [0.15, 0.2) is 0 Å². The summed E-state index contributed by atoms with van der Waals surface area (Å²) in [5.41, 5.74) is 1.06. The van der Waals surface area contributed by atoms with Crippen molar-refractivity contribution in [1.29, 1.82) is 0 Å². The second-order valence-electron chi connectivity index (χ2n) is 2.64. The minimum Gasteiger partial charge on any atom is -0.249 e. The van der Waals surface area contributed by atoms with Crippen LogP contribution in [-0.4, -0.2) is 11.2 Å². The third-order valence-corrected chi connectivity index (χ3v) is 2.65. The zero-order chi connectivity index (χ0) is 8.97. The zero-order valence-electron chi connectivity index (χ0n) is 7.79. The van der Waals surface area contributed by atoms with E-state index in [0.717, 1.165) is 23.5 Å². The number of hydrogen-bond acceptors (Lipinski definition) is 3. The van der Waals surface area contributed by atoms with Gasteiger partial charge in [0.25, 0.3) is 0 Å². The Morgan fingerprint density at radius 2 is 2.33 bits per heavy atom. The van der Waals surface area contributed by atoms with E-state index < -0.39 is 0 Å². The molecule has 0 saturated heterocycles. The summed E-state index contributed by atoms with van der Waals surface area (Å²) in [6.07, 6.45) is 4.04. The average Bonchev–Trinajstić information content (AvgIpc) is 2.34. The van der Waals surface area contributed by atoms with Gasteiger partial charge in [-0.15, -0.1) is 0 Å². The number of aromatic nitrogens is 1. The first-order valence-corrected chi connectivity index (χ1v) is 5.04. The first-order valence-electron chi connectivity index (χ1n) is 4.23. The van der Waals surface area contributed by atoms with Crippen LogP contribution < -0.4 is 0 Å². The Balaban J connectivity index is 2.84. The average molecular weight is 182 g/mol. The van der Waals surface area contributed by atoms with Crippen molar-refractivity contribution in [3.8, 4) is 0 Å². The highest BCUT2D eigenvalue weighted by atomic mass is 32.1. The van der Waals surface area contributed by atoms with Crippen LogP contribution in [0, 0.1) is 6.92 Å². The molecule has 0 saturated carbocycles. The van der Waals surface area contributed by atoms with Gasteiger partial charge in [-0.3, -0.25) is 0 Å². The zero-order valence-corrected chi connectivity index (χ0v) is 8.61. The maximum atomic E-state index is 4.42. The Hall–Kier alpha value is -0.700. The minimum absolute atomic E-state index is 1.06. The largest absolute Gasteiger partial charge is 0.249 e. The van der Waals surface area contributed by atoms with Crippen molar-refractivity contribution in [1.82, 2.24) is 4.98 Å². The summed E-state index contributed by atoms with van der Waals surface area (Å²) in [5, 5.41) is 2.26. The van der Waals surface area contributed by atoms with Gasteiger partial charge in [0.2, 0.25) is 0 Å². The van der Waals surface area contributed by atoms with Crippen LogP contribution >= 0.6 is 11.3 Å². The summed E-state index contributed by atoms with van der Waals surface area (Å²) in [5.74, 6) is 0. The Bertz CT molecular complexity index is 276. The van der Waals surface area contributed by atoms with E-state index >= 15 is 0 Å². The monoisotopic (exact) mass is 182 g/mol. The number of hydrogen-bond donors (Lipinski definition) is 0. The normalized spacial score (nSPS) is 11.2. The fraction of sp³-hybridized carbons (Fsp3) is 0.556. The van der Waals surface area contributed by atoms with Crippen molar-refractivity contribution >= 4 is 22.6 Å². The number of aliphatic imine (C=N–C) groups is 1. The molecule has 0 aliphatic carbocycles. The molecule has 0 bridgehead atoms. The van der Waals surface area contributed by atoms with E-state index in [2.05, 4.69) is 16.9 Å². The van der Waals surface area contributed by atoms with Crippen LogP contribution in [0.5, 0.6) is 0 Å². The molecule has 66 valence electrons. The lowest BCUT2D eigenvalue weighted by atomic mass is 10.3. The Kier molecular flexibility index (Phi) is 3.41. The van der Waals surface area contributed by atoms with Gasteiger partial charge >= 0.3 is 0 Å². The molecule has 12 heavy (non-hydrogen) atoms. The number of rotatable bonds is 3. The molecular weight excluding hydrogens is 168 g/mol.